The Bertz CT molecular complexity index is 2590. The van der Waals surface area contributed by atoms with Crippen molar-refractivity contribution in [3.05, 3.63) is 99.9 Å². The summed E-state index contributed by atoms with van der Waals surface area (Å²) in [6.45, 7) is 2.09. The predicted molar refractivity (Wildman–Crippen MR) is 234 cm³/mol. The highest BCUT2D eigenvalue weighted by Gasteiger charge is 2.72. The Morgan fingerprint density at radius 2 is 1.55 bits per heavy atom. The number of benzene rings is 3. The number of nitrogens with zero attached hydrogens (tertiary/aromatic N) is 2. The predicted octanol–water partition coefficient (Wildman–Crippen LogP) is 6.24. The first-order valence-electron chi connectivity index (χ1n) is 23.5. The largest absolute Gasteiger partial charge is 0.349 e. The van der Waals surface area contributed by atoms with Crippen LogP contribution in [0.5, 0.6) is 0 Å². The van der Waals surface area contributed by atoms with Crippen molar-refractivity contribution in [3.8, 4) is 11.8 Å². The van der Waals surface area contributed by atoms with E-state index in [0.29, 0.717) is 36.1 Å². The molecule has 3 saturated heterocycles. The van der Waals surface area contributed by atoms with Gasteiger partial charge in [0.1, 0.15) is 17.3 Å². The van der Waals surface area contributed by atoms with Crippen molar-refractivity contribution in [2.24, 2.45) is 5.92 Å². The molecule has 5 aliphatic heterocycles. The molecule has 4 saturated carbocycles. The molecule has 5 heterocycles. The maximum atomic E-state index is 16.2. The van der Waals surface area contributed by atoms with Gasteiger partial charge in [0, 0.05) is 58.2 Å². The normalized spacial score (nSPS) is 31.7. The van der Waals surface area contributed by atoms with Gasteiger partial charge >= 0.3 is 0 Å². The van der Waals surface area contributed by atoms with Crippen LogP contribution in [0.2, 0.25) is 0 Å². The smallest absolute Gasteiger partial charge is 0.255 e. The first kappa shape index (κ1) is 42.1. The van der Waals surface area contributed by atoms with E-state index >= 15 is 13.6 Å². The fourth-order valence-electron chi connectivity index (χ4n) is 13.8. The summed E-state index contributed by atoms with van der Waals surface area (Å²) in [6.07, 6.45) is 11.0. The third-order valence-corrected chi connectivity index (χ3v) is 17.1. The second-order valence-electron chi connectivity index (χ2n) is 20.1. The van der Waals surface area contributed by atoms with Gasteiger partial charge in [0.25, 0.3) is 5.91 Å². The molecule has 4 aliphatic carbocycles. The van der Waals surface area contributed by atoms with Crippen LogP contribution in [-0.2, 0) is 31.1 Å². The van der Waals surface area contributed by atoms with Crippen LogP contribution < -0.4 is 21.3 Å². The monoisotopic (exact) mass is 886 g/mol. The van der Waals surface area contributed by atoms with Gasteiger partial charge in [-0.1, -0.05) is 55.4 Å². The van der Waals surface area contributed by atoms with Crippen LogP contribution in [0.15, 0.2) is 54.6 Å². The zero-order chi connectivity index (χ0) is 44.9. The second-order valence-corrected chi connectivity index (χ2v) is 20.1. The average Bonchev–Trinajstić information content (AvgIpc) is 3.91. The van der Waals surface area contributed by atoms with Gasteiger partial charge in [-0.25, -0.2) is 13.2 Å². The summed E-state index contributed by atoms with van der Waals surface area (Å²) in [5.41, 5.74) is 0.0325. The summed E-state index contributed by atoms with van der Waals surface area (Å²) in [5.74, 6) is 1.61. The number of hydrogen-bond acceptors (Lipinski definition) is 7. The molecular weight excluding hydrogens is 834 g/mol. The number of rotatable bonds is 5. The minimum absolute atomic E-state index is 0.0148. The van der Waals surface area contributed by atoms with Crippen LogP contribution in [0.25, 0.3) is 0 Å². The highest BCUT2D eigenvalue weighted by atomic mass is 19.2. The Labute approximate surface area is 376 Å². The van der Waals surface area contributed by atoms with Gasteiger partial charge in [-0.2, -0.15) is 0 Å². The minimum atomic E-state index is -1.49. The highest BCUT2D eigenvalue weighted by Crippen LogP contribution is 2.63. The van der Waals surface area contributed by atoms with E-state index in [-0.39, 0.29) is 47.7 Å². The van der Waals surface area contributed by atoms with E-state index in [1.54, 1.807) is 17.0 Å². The van der Waals surface area contributed by atoms with E-state index in [9.17, 15) is 23.6 Å². The molecule has 1 unspecified atom stereocenters. The third kappa shape index (κ3) is 6.49. The molecule has 11 nitrogen and oxygen atoms in total. The molecule has 3 aromatic rings. The van der Waals surface area contributed by atoms with Crippen molar-refractivity contribution < 1.29 is 37.1 Å². The van der Waals surface area contributed by atoms with Crippen molar-refractivity contribution in [2.45, 2.75) is 143 Å². The lowest BCUT2D eigenvalue weighted by molar-refractivity contribution is -0.137. The summed E-state index contributed by atoms with van der Waals surface area (Å²) in [7, 11) is 0. The summed E-state index contributed by atoms with van der Waals surface area (Å²) in [5, 5.41) is 12.4. The first-order chi connectivity index (χ1) is 31.4. The maximum absolute atomic E-state index is 16.2. The quantitative estimate of drug-likeness (QED) is 0.176. The summed E-state index contributed by atoms with van der Waals surface area (Å²) in [6, 6.07) is 11.9. The number of hydrogen-bond donors (Lipinski definition) is 4. The molecule has 3 aromatic carbocycles. The number of amides is 5. The molecular formula is C51H53F3N6O5. The standard InChI is InChI=1S/C51H53F3N6O5/c52-32-12-13-36-38(28-32)55-47(65)51(36)41(34-8-5-9-37(53)42(34)54)43(57-50(51)18-2-1-3-19-50)45(63)58-48-20-23-49(24-21-48,25-22-48)59-26-16-30(17-27-59)10-11-31-6-4-7-33-35(31)29-60(46(33)64)39-14-15-40(61)56-44(39)62/h4-9,12-13,28,30,39,41,43,57H,1-3,14-27,29H2,(H,55,65)(H,58,63)(H,56,61,62)/t39?,41-,43+,48?,49?,51+/m0/s1. The molecule has 5 amide bonds. The molecule has 0 radical (unpaired) electrons. The third-order valence-electron chi connectivity index (χ3n) is 17.1. The molecule has 9 aliphatic rings. The number of anilines is 1. The number of likely N-dealkylation sites (tertiary alicyclic amines) is 1. The van der Waals surface area contributed by atoms with Gasteiger partial charge in [-0.05, 0) is 131 Å². The van der Waals surface area contributed by atoms with Crippen LogP contribution in [-0.4, -0.2) is 81.1 Å². The molecule has 4 atom stereocenters. The van der Waals surface area contributed by atoms with Gasteiger partial charge < -0.3 is 15.5 Å². The fraction of sp³-hybridized carbons (Fsp3) is 0.510. The number of piperidine rings is 2. The molecule has 12 rings (SSSR count). The number of fused-ring (bicyclic) bond motifs is 7. The van der Waals surface area contributed by atoms with Crippen LogP contribution in [0.4, 0.5) is 18.9 Å². The van der Waals surface area contributed by atoms with Crippen LogP contribution >= 0.6 is 0 Å². The lowest BCUT2D eigenvalue weighted by Gasteiger charge is -2.59. The lowest BCUT2D eigenvalue weighted by Crippen LogP contribution is -2.66. The second kappa shape index (κ2) is 15.5. The molecule has 4 N–H and O–H groups in total. The number of carbonyl (C=O) groups excluding carboxylic acids is 5. The summed E-state index contributed by atoms with van der Waals surface area (Å²) in [4.78, 5) is 71.6. The van der Waals surface area contributed by atoms with E-state index in [4.69, 9.17) is 0 Å². The SMILES string of the molecule is O=C1CCC(N2Cc3c(C#CC4CCN(C56CCC(NC(=O)[C@@H]7NC8(CCCCC8)[C@@]8(C(=O)Nc9cc(F)ccc98)[C@H]7c7cccc(F)c7F)(CC5)CC6)CC4)cccc3C2=O)C(=O)N1. The van der Waals surface area contributed by atoms with Gasteiger partial charge in [0.15, 0.2) is 11.6 Å². The van der Waals surface area contributed by atoms with Crippen LogP contribution in [0.3, 0.4) is 0 Å². The van der Waals surface area contributed by atoms with Crippen molar-refractivity contribution in [1.82, 2.24) is 25.8 Å². The van der Waals surface area contributed by atoms with Gasteiger partial charge in [0.05, 0.1) is 6.04 Å². The Hall–Kier alpha value is -5.52. The molecule has 2 bridgehead atoms. The number of nitrogens with one attached hydrogen (secondary N) is 4. The lowest BCUT2D eigenvalue weighted by atomic mass is 9.55. The minimum Gasteiger partial charge on any atom is -0.349 e. The zero-order valence-electron chi connectivity index (χ0n) is 36.3. The van der Waals surface area contributed by atoms with Gasteiger partial charge in [-0.3, -0.25) is 39.5 Å². The number of imide groups is 1. The molecule has 7 fully saturated rings. The topological polar surface area (TPSA) is 140 Å². The highest BCUT2D eigenvalue weighted by molar-refractivity contribution is 6.10. The molecule has 14 heteroatoms. The number of halogens is 3. The van der Waals surface area contributed by atoms with E-state index < -0.39 is 63.8 Å². The summed E-state index contributed by atoms with van der Waals surface area (Å²) < 4.78 is 46.1. The molecule has 2 spiro atoms. The Balaban J connectivity index is 0.786. The molecule has 0 aromatic heterocycles. The van der Waals surface area contributed by atoms with Crippen molar-refractivity contribution >= 4 is 35.2 Å². The van der Waals surface area contributed by atoms with Gasteiger partial charge in [-0.15, -0.1) is 0 Å². The molecule has 65 heavy (non-hydrogen) atoms. The van der Waals surface area contributed by atoms with E-state index in [1.165, 1.54) is 24.3 Å². The van der Waals surface area contributed by atoms with Crippen molar-refractivity contribution in [3.63, 3.8) is 0 Å². The fourth-order valence-corrected chi connectivity index (χ4v) is 13.8. The number of carbonyl (C=O) groups is 5. The van der Waals surface area contributed by atoms with E-state index in [1.807, 2.05) is 12.1 Å². The Morgan fingerprint density at radius 3 is 2.29 bits per heavy atom. The van der Waals surface area contributed by atoms with E-state index in [0.717, 1.165) is 101 Å². The van der Waals surface area contributed by atoms with Crippen molar-refractivity contribution in [2.75, 3.05) is 18.4 Å². The average molecular weight is 887 g/mol. The Kier molecular flexibility index (Phi) is 10.1. The van der Waals surface area contributed by atoms with Crippen LogP contribution in [0, 0.1) is 35.2 Å². The van der Waals surface area contributed by atoms with E-state index in [2.05, 4.69) is 38.0 Å². The zero-order valence-corrected chi connectivity index (χ0v) is 36.3. The summed E-state index contributed by atoms with van der Waals surface area (Å²) >= 11 is 0. The van der Waals surface area contributed by atoms with Gasteiger partial charge in [0.2, 0.25) is 23.6 Å². The Morgan fingerprint density at radius 1 is 0.815 bits per heavy atom. The maximum Gasteiger partial charge on any atom is 0.255 e. The first-order valence-corrected chi connectivity index (χ1v) is 23.5. The van der Waals surface area contributed by atoms with Crippen molar-refractivity contribution in [1.29, 1.82) is 0 Å². The molecule has 338 valence electrons. The van der Waals surface area contributed by atoms with Crippen LogP contribution in [0.1, 0.15) is 135 Å².